The van der Waals surface area contributed by atoms with Crippen LogP contribution in [-0.4, -0.2) is 47.3 Å². The van der Waals surface area contributed by atoms with E-state index in [-0.39, 0.29) is 36.0 Å². The van der Waals surface area contributed by atoms with Crippen LogP contribution in [-0.2, 0) is 9.59 Å². The van der Waals surface area contributed by atoms with Crippen molar-refractivity contribution in [1.82, 2.24) is 10.2 Å². The molecule has 1 aliphatic heterocycles. The molecule has 28 heavy (non-hydrogen) atoms. The Labute approximate surface area is 165 Å². The van der Waals surface area contributed by atoms with Gasteiger partial charge in [0.25, 0.3) is 5.69 Å². The average molecular weight is 390 g/mol. The molecule has 1 aromatic rings. The van der Waals surface area contributed by atoms with Gasteiger partial charge in [0.2, 0.25) is 11.8 Å². The van der Waals surface area contributed by atoms with E-state index in [1.165, 1.54) is 6.07 Å². The van der Waals surface area contributed by atoms with Crippen molar-refractivity contribution < 1.29 is 14.5 Å². The van der Waals surface area contributed by atoms with Gasteiger partial charge in [-0.25, -0.2) is 0 Å². The van der Waals surface area contributed by atoms with E-state index in [0.29, 0.717) is 30.3 Å². The maximum absolute atomic E-state index is 12.3. The fraction of sp³-hybridized carbons (Fsp3) is 0.600. The number of carbonyl (C=O) groups is 2. The van der Waals surface area contributed by atoms with Crippen molar-refractivity contribution in [2.45, 2.75) is 46.6 Å². The third-order valence-corrected chi connectivity index (χ3v) is 5.39. The van der Waals surface area contributed by atoms with Crippen LogP contribution in [0, 0.1) is 28.9 Å². The van der Waals surface area contributed by atoms with E-state index in [9.17, 15) is 19.7 Å². The van der Waals surface area contributed by atoms with E-state index in [4.69, 9.17) is 0 Å². The zero-order chi connectivity index (χ0) is 20.8. The molecule has 1 aliphatic rings. The number of amides is 2. The molecule has 0 aliphatic carbocycles. The summed E-state index contributed by atoms with van der Waals surface area (Å²) in [6.07, 6.45) is 1.44. The van der Waals surface area contributed by atoms with Gasteiger partial charge in [-0.2, -0.15) is 0 Å². The first-order valence-electron chi connectivity index (χ1n) is 9.75. The Balaban J connectivity index is 1.81. The van der Waals surface area contributed by atoms with E-state index in [1.54, 1.807) is 19.1 Å². The van der Waals surface area contributed by atoms with Gasteiger partial charge in [0.1, 0.15) is 0 Å². The lowest BCUT2D eigenvalue weighted by Gasteiger charge is -2.31. The molecule has 154 valence electrons. The fourth-order valence-electron chi connectivity index (χ4n) is 3.15. The van der Waals surface area contributed by atoms with Crippen LogP contribution in [0.1, 0.15) is 39.2 Å². The smallest absolute Gasteiger partial charge is 0.274 e. The van der Waals surface area contributed by atoms with E-state index in [0.717, 1.165) is 12.8 Å². The van der Waals surface area contributed by atoms with Crippen LogP contribution in [0.25, 0.3) is 0 Å². The Morgan fingerprint density at radius 2 is 1.89 bits per heavy atom. The fourth-order valence-corrected chi connectivity index (χ4v) is 3.15. The first-order valence-corrected chi connectivity index (χ1v) is 9.75. The third-order valence-electron chi connectivity index (χ3n) is 5.39. The van der Waals surface area contributed by atoms with Gasteiger partial charge in [-0.1, -0.05) is 19.9 Å². The number of likely N-dealkylation sites (tertiary alicyclic amines) is 1. The number of carbonyl (C=O) groups excluding carboxylic acids is 2. The Morgan fingerprint density at radius 1 is 1.25 bits per heavy atom. The maximum Gasteiger partial charge on any atom is 0.274 e. The lowest BCUT2D eigenvalue weighted by Crippen LogP contribution is -2.45. The second-order valence-electron chi connectivity index (χ2n) is 7.90. The molecular weight excluding hydrogens is 360 g/mol. The summed E-state index contributed by atoms with van der Waals surface area (Å²) in [7, 11) is 0. The van der Waals surface area contributed by atoms with Gasteiger partial charge in [-0.05, 0) is 51.8 Å². The molecule has 1 atom stereocenters. The molecule has 0 saturated carbocycles. The summed E-state index contributed by atoms with van der Waals surface area (Å²) >= 11 is 0. The van der Waals surface area contributed by atoms with Gasteiger partial charge in [0.05, 0.1) is 11.5 Å². The van der Waals surface area contributed by atoms with Crippen molar-refractivity contribution in [2.75, 3.05) is 25.0 Å². The summed E-state index contributed by atoms with van der Waals surface area (Å²) < 4.78 is 0. The van der Waals surface area contributed by atoms with Gasteiger partial charge >= 0.3 is 0 Å². The molecule has 2 amide bonds. The summed E-state index contributed by atoms with van der Waals surface area (Å²) in [5, 5.41) is 16.8. The number of nitrogens with one attached hydrogen (secondary N) is 2. The van der Waals surface area contributed by atoms with E-state index >= 15 is 0 Å². The predicted molar refractivity (Wildman–Crippen MR) is 108 cm³/mol. The zero-order valence-electron chi connectivity index (χ0n) is 17.0. The van der Waals surface area contributed by atoms with Crippen molar-refractivity contribution >= 4 is 23.2 Å². The quantitative estimate of drug-likeness (QED) is 0.550. The second-order valence-corrected chi connectivity index (χ2v) is 7.90. The normalized spacial score (nSPS) is 16.6. The van der Waals surface area contributed by atoms with Crippen LogP contribution in [0.3, 0.4) is 0 Å². The van der Waals surface area contributed by atoms with E-state index in [2.05, 4.69) is 24.5 Å². The Bertz CT molecular complexity index is 727. The number of benzene rings is 1. The standard InChI is InChI=1S/C20H30N4O4/c1-13(2)15(4)21-20(26)16-7-9-23(10-8-16)12-19(25)22-17-6-5-14(3)18(11-17)24(27)28/h5-6,11,13,15-16H,7-10,12H2,1-4H3,(H,21,26)(H,22,25). The minimum Gasteiger partial charge on any atom is -0.353 e. The molecule has 0 bridgehead atoms. The van der Waals surface area contributed by atoms with Crippen molar-refractivity contribution in [2.24, 2.45) is 11.8 Å². The highest BCUT2D eigenvalue weighted by molar-refractivity contribution is 5.92. The highest BCUT2D eigenvalue weighted by Gasteiger charge is 2.27. The first-order chi connectivity index (χ1) is 13.2. The number of rotatable bonds is 7. The van der Waals surface area contributed by atoms with Crippen LogP contribution in [0.2, 0.25) is 0 Å². The Kier molecular flexibility index (Phi) is 7.51. The van der Waals surface area contributed by atoms with Gasteiger partial charge in [-0.15, -0.1) is 0 Å². The van der Waals surface area contributed by atoms with Crippen LogP contribution in [0.4, 0.5) is 11.4 Å². The largest absolute Gasteiger partial charge is 0.353 e. The number of anilines is 1. The van der Waals surface area contributed by atoms with Crippen LogP contribution in [0.5, 0.6) is 0 Å². The van der Waals surface area contributed by atoms with Crippen molar-refractivity contribution in [3.63, 3.8) is 0 Å². The molecule has 8 heteroatoms. The number of hydrogen-bond acceptors (Lipinski definition) is 5. The molecule has 0 aromatic heterocycles. The van der Waals surface area contributed by atoms with Crippen LogP contribution < -0.4 is 10.6 Å². The number of nitro groups is 1. The number of piperidine rings is 1. The summed E-state index contributed by atoms with van der Waals surface area (Å²) in [6.45, 7) is 9.39. The van der Waals surface area contributed by atoms with Crippen molar-refractivity contribution in [1.29, 1.82) is 0 Å². The van der Waals surface area contributed by atoms with E-state index in [1.807, 2.05) is 11.8 Å². The van der Waals surface area contributed by atoms with Gasteiger partial charge in [-0.3, -0.25) is 24.6 Å². The topological polar surface area (TPSA) is 105 Å². The highest BCUT2D eigenvalue weighted by atomic mass is 16.6. The molecule has 1 unspecified atom stereocenters. The summed E-state index contributed by atoms with van der Waals surface area (Å²) in [6, 6.07) is 4.80. The highest BCUT2D eigenvalue weighted by Crippen LogP contribution is 2.22. The lowest BCUT2D eigenvalue weighted by molar-refractivity contribution is -0.385. The number of aryl methyl sites for hydroxylation is 1. The molecule has 2 N–H and O–H groups in total. The lowest BCUT2D eigenvalue weighted by atomic mass is 9.95. The second kappa shape index (κ2) is 9.64. The Hall–Kier alpha value is -2.48. The predicted octanol–water partition coefficient (Wildman–Crippen LogP) is 2.71. The number of nitrogens with zero attached hydrogens (tertiary/aromatic N) is 2. The average Bonchev–Trinajstić information content (AvgIpc) is 2.63. The minimum atomic E-state index is -0.457. The monoisotopic (exact) mass is 390 g/mol. The number of nitro benzene ring substituents is 1. The molecule has 1 saturated heterocycles. The molecule has 1 fully saturated rings. The van der Waals surface area contributed by atoms with Gasteiger partial charge < -0.3 is 10.6 Å². The first kappa shape index (κ1) is 21.8. The molecule has 8 nitrogen and oxygen atoms in total. The van der Waals surface area contributed by atoms with Gasteiger partial charge in [0.15, 0.2) is 0 Å². The molecule has 1 heterocycles. The van der Waals surface area contributed by atoms with Crippen LogP contribution >= 0.6 is 0 Å². The zero-order valence-corrected chi connectivity index (χ0v) is 17.0. The van der Waals surface area contributed by atoms with Crippen molar-refractivity contribution in [3.05, 3.63) is 33.9 Å². The molecule has 1 aromatic carbocycles. The van der Waals surface area contributed by atoms with Crippen LogP contribution in [0.15, 0.2) is 18.2 Å². The third kappa shape index (κ3) is 6.02. The summed E-state index contributed by atoms with van der Waals surface area (Å²) in [5.74, 6) is 0.261. The molecule has 0 spiro atoms. The number of hydrogen-bond donors (Lipinski definition) is 2. The molecular formula is C20H30N4O4. The van der Waals surface area contributed by atoms with E-state index < -0.39 is 4.92 Å². The SMILES string of the molecule is Cc1ccc(NC(=O)CN2CCC(C(=O)NC(C)C(C)C)CC2)cc1[N+](=O)[O-]. The molecule has 2 rings (SSSR count). The maximum atomic E-state index is 12.3. The Morgan fingerprint density at radius 3 is 2.46 bits per heavy atom. The summed E-state index contributed by atoms with van der Waals surface area (Å²) in [5.41, 5.74) is 0.953. The van der Waals surface area contributed by atoms with Gasteiger partial charge in [0, 0.05) is 29.3 Å². The summed E-state index contributed by atoms with van der Waals surface area (Å²) in [4.78, 5) is 37.2. The van der Waals surface area contributed by atoms with Crippen molar-refractivity contribution in [3.8, 4) is 0 Å². The minimum absolute atomic E-state index is 0.0136. The molecule has 0 radical (unpaired) electrons.